The second-order valence-corrected chi connectivity index (χ2v) is 17.6. The van der Waals surface area contributed by atoms with Crippen LogP contribution in [-0.2, 0) is 40.2 Å². The molecule has 0 unspecified atom stereocenters. The van der Waals surface area contributed by atoms with Gasteiger partial charge in [0, 0.05) is 94.4 Å². The second-order valence-electron chi connectivity index (χ2n) is 10.7. The van der Waals surface area contributed by atoms with E-state index in [-0.39, 0.29) is 127 Å². The maximum Gasteiger partial charge on any atom is 0.296 e. The van der Waals surface area contributed by atoms with Crippen LogP contribution in [0.15, 0.2) is 107 Å². The third kappa shape index (κ3) is 12.2. The summed E-state index contributed by atoms with van der Waals surface area (Å²) in [6.07, 6.45) is 1.18. The van der Waals surface area contributed by atoms with Crippen LogP contribution in [0.25, 0.3) is 10.8 Å². The van der Waals surface area contributed by atoms with Crippen LogP contribution in [-0.4, -0.2) is 162 Å². The van der Waals surface area contributed by atoms with Crippen molar-refractivity contribution in [2.24, 2.45) is 20.5 Å². The van der Waals surface area contributed by atoms with Gasteiger partial charge in [-0.1, -0.05) is 6.08 Å². The van der Waals surface area contributed by atoms with Crippen LogP contribution in [0.4, 0.5) is 40.1 Å². The van der Waals surface area contributed by atoms with E-state index in [9.17, 15) is 52.4 Å². The summed E-state index contributed by atoms with van der Waals surface area (Å²) in [5.41, 5.74) is 2.86. The van der Waals surface area contributed by atoms with Gasteiger partial charge in [0.25, 0.3) is 30.4 Å². The molecule has 7 N–H and O–H groups in total. The van der Waals surface area contributed by atoms with Crippen LogP contribution in [0.2, 0.25) is 10.6 Å². The molecular formula is C28H21Cl2N9Na3O12S4. The van der Waals surface area contributed by atoms with Gasteiger partial charge in [0.05, 0.1) is 27.4 Å². The summed E-state index contributed by atoms with van der Waals surface area (Å²) >= 11 is 11.5. The van der Waals surface area contributed by atoms with E-state index in [1.165, 1.54) is 30.3 Å². The number of hydrogen-bond donors (Lipinski definition) is 6. The average molecular weight is 944 g/mol. The summed E-state index contributed by atoms with van der Waals surface area (Å²) in [5, 5.41) is 27.2. The number of nitrogen functional groups attached to an aromatic ring is 1. The van der Waals surface area contributed by atoms with Crippen LogP contribution in [0.5, 0.6) is 5.75 Å². The van der Waals surface area contributed by atoms with Crippen LogP contribution < -0.4 is 11.1 Å². The molecule has 0 bridgehead atoms. The molecule has 0 saturated carbocycles. The number of anilines is 3. The van der Waals surface area contributed by atoms with Gasteiger partial charge in [-0.05, 0) is 83.2 Å². The molecule has 0 aliphatic rings. The molecule has 4 aromatic carbocycles. The molecule has 58 heavy (non-hydrogen) atoms. The molecule has 1 aromatic heterocycles. The first kappa shape index (κ1) is 51.9. The molecular weight excluding hydrogens is 923 g/mol. The fourth-order valence-electron chi connectivity index (χ4n) is 4.69. The van der Waals surface area contributed by atoms with Crippen molar-refractivity contribution in [3.05, 3.63) is 77.8 Å². The summed E-state index contributed by atoms with van der Waals surface area (Å²) in [5.74, 6) is -1.77. The number of aromatic hydroxyl groups is 1. The Kier molecular flexibility index (Phi) is 18.0. The minimum atomic E-state index is -5.37. The minimum absolute atomic E-state index is 0. The Morgan fingerprint density at radius 3 is 1.74 bits per heavy atom. The van der Waals surface area contributed by atoms with E-state index < -0.39 is 94.1 Å². The van der Waals surface area contributed by atoms with Crippen LogP contribution in [0.3, 0.4) is 0 Å². The standard InChI is InChI=1S/C28H21Cl2N9O12S4.3Na/c1-2-9-52(41,42)16-6-3-14(4-7-16)36-38-23-19(54(46,47)48)10-13-11-20(55(49,50)51)24(25(40)21(13)22(23)31)39-37-17-12-15(5-8-18(17)53(43,44)45)32-28-34-26(29)33-27(30)35-28;;;/h2-8,10-12,40H,1,9,31H2,(H,43,44,45)(H,46,47,48)(H,49,50,51)(H,32,33,34,35);;;. The van der Waals surface area contributed by atoms with E-state index in [0.29, 0.717) is 12.1 Å². The number of azo groups is 2. The van der Waals surface area contributed by atoms with Gasteiger partial charge >= 0.3 is 0 Å². The zero-order valence-corrected chi connectivity index (χ0v) is 40.6. The molecule has 291 valence electrons. The van der Waals surface area contributed by atoms with Crippen molar-refractivity contribution in [3.63, 3.8) is 0 Å². The van der Waals surface area contributed by atoms with Gasteiger partial charge < -0.3 is 16.2 Å². The Balaban J connectivity index is 0.00000387. The molecule has 21 nitrogen and oxygen atoms in total. The number of benzene rings is 4. The summed E-state index contributed by atoms with van der Waals surface area (Å²) in [6.45, 7) is 3.38. The molecule has 0 fully saturated rings. The first-order valence-electron chi connectivity index (χ1n) is 14.3. The normalized spacial score (nSPS) is 12.2. The topological polar surface area (TPSA) is 344 Å². The number of phenolic OH excluding ortho intramolecular Hbond substituents is 1. The first-order chi connectivity index (χ1) is 25.5. The van der Waals surface area contributed by atoms with E-state index >= 15 is 0 Å². The molecule has 3 radical (unpaired) electrons. The Bertz CT molecular complexity index is 2930. The van der Waals surface area contributed by atoms with Gasteiger partial charge in [-0.3, -0.25) is 13.7 Å². The van der Waals surface area contributed by atoms with Gasteiger partial charge in [0.15, 0.2) is 15.6 Å². The van der Waals surface area contributed by atoms with Crippen molar-refractivity contribution in [2.75, 3.05) is 16.8 Å². The Hall–Kier alpha value is -2.25. The molecule has 0 spiro atoms. The maximum absolute atomic E-state index is 12.5. The Labute approximate surface area is 405 Å². The monoisotopic (exact) mass is 942 g/mol. The number of nitrogens with two attached hydrogens (primary N) is 1. The number of nitrogens with zero attached hydrogens (tertiary/aromatic N) is 7. The average Bonchev–Trinajstić information content (AvgIpc) is 3.05. The molecule has 1 heterocycles. The van der Waals surface area contributed by atoms with Gasteiger partial charge in [0.1, 0.15) is 31.7 Å². The Morgan fingerprint density at radius 1 is 0.707 bits per heavy atom. The second kappa shape index (κ2) is 20.1. The van der Waals surface area contributed by atoms with Crippen LogP contribution >= 0.6 is 23.2 Å². The summed E-state index contributed by atoms with van der Waals surface area (Å²) in [7, 11) is -19.4. The number of halogens is 2. The van der Waals surface area contributed by atoms with E-state index in [4.69, 9.17) is 28.9 Å². The van der Waals surface area contributed by atoms with E-state index in [2.05, 4.69) is 47.3 Å². The fourth-order valence-corrected chi connectivity index (χ4v) is 8.04. The molecule has 0 aliphatic heterocycles. The van der Waals surface area contributed by atoms with Crippen LogP contribution in [0, 0.1) is 0 Å². The SMILES string of the molecule is C=CCS(=O)(=O)c1ccc(N=Nc2c(S(=O)(=O)O)cc3cc(S(=O)(=O)O)c(N=Nc4cc(Nc5nc(Cl)nc(Cl)n5)ccc4S(=O)(=O)O)c(O)c3c2N)cc1.[Na].[Na].[Na]. The van der Waals surface area contributed by atoms with Gasteiger partial charge in [-0.25, -0.2) is 8.42 Å². The maximum atomic E-state index is 12.5. The number of sulfone groups is 1. The van der Waals surface area contributed by atoms with Gasteiger partial charge in [-0.2, -0.15) is 45.3 Å². The van der Waals surface area contributed by atoms with Crippen molar-refractivity contribution in [1.82, 2.24) is 15.0 Å². The van der Waals surface area contributed by atoms with E-state index in [1.54, 1.807) is 0 Å². The molecule has 0 saturated heterocycles. The number of fused-ring (bicyclic) bond motifs is 1. The Morgan fingerprint density at radius 2 is 1.22 bits per heavy atom. The summed E-state index contributed by atoms with van der Waals surface area (Å²) in [4.78, 5) is 7.92. The summed E-state index contributed by atoms with van der Waals surface area (Å²) in [6, 6.07) is 8.93. The molecule has 0 atom stereocenters. The van der Waals surface area contributed by atoms with Gasteiger partial charge in [-0.15, -0.1) is 21.9 Å². The van der Waals surface area contributed by atoms with Crippen LogP contribution in [0.1, 0.15) is 0 Å². The number of aromatic nitrogens is 3. The largest absolute Gasteiger partial charge is 0.505 e. The fraction of sp³-hybridized carbons (Fsp3) is 0.0357. The smallest absolute Gasteiger partial charge is 0.296 e. The number of nitrogens with one attached hydrogen (secondary N) is 1. The quantitative estimate of drug-likeness (QED) is 0.0323. The predicted octanol–water partition coefficient (Wildman–Crippen LogP) is 4.75. The zero-order valence-electron chi connectivity index (χ0n) is 29.8. The number of phenols is 1. The van der Waals surface area contributed by atoms with Crippen molar-refractivity contribution in [2.45, 2.75) is 19.6 Å². The third-order valence-corrected chi connectivity index (χ3v) is 11.6. The van der Waals surface area contributed by atoms with Crippen molar-refractivity contribution in [1.29, 1.82) is 0 Å². The van der Waals surface area contributed by atoms with Crippen molar-refractivity contribution < 1.29 is 52.4 Å². The molecule has 5 rings (SSSR count). The third-order valence-electron chi connectivity index (χ3n) is 7.00. The molecule has 0 amide bonds. The van der Waals surface area contributed by atoms with E-state index in [1.807, 2.05) is 0 Å². The molecule has 0 aliphatic carbocycles. The number of hydrogen-bond acceptors (Lipinski definition) is 18. The first-order valence-corrected chi connectivity index (χ1v) is 21.0. The van der Waals surface area contributed by atoms with Gasteiger partial charge in [0.2, 0.25) is 16.5 Å². The van der Waals surface area contributed by atoms with E-state index in [0.717, 1.165) is 18.2 Å². The summed E-state index contributed by atoms with van der Waals surface area (Å²) < 4.78 is 129. The molecule has 5 aromatic rings. The predicted molar refractivity (Wildman–Crippen MR) is 213 cm³/mol. The number of rotatable bonds is 12. The zero-order chi connectivity index (χ0) is 40.7. The van der Waals surface area contributed by atoms with Crippen molar-refractivity contribution in [3.8, 4) is 5.75 Å². The molecule has 30 heteroatoms. The van der Waals surface area contributed by atoms with Crippen molar-refractivity contribution >= 4 is 203 Å². The minimum Gasteiger partial charge on any atom is -0.505 e.